The zero-order chi connectivity index (χ0) is 25.1. The highest BCUT2D eigenvalue weighted by Gasteiger charge is 2.32. The molecule has 0 aliphatic carbocycles. The molecule has 1 N–H and O–H groups in total. The molecule has 1 saturated heterocycles. The van der Waals surface area contributed by atoms with E-state index < -0.39 is 0 Å². The van der Waals surface area contributed by atoms with E-state index in [9.17, 15) is 9.59 Å². The number of anilines is 1. The predicted octanol–water partition coefficient (Wildman–Crippen LogP) is 4.93. The van der Waals surface area contributed by atoms with Crippen molar-refractivity contribution in [1.29, 1.82) is 0 Å². The third-order valence-corrected chi connectivity index (χ3v) is 6.66. The summed E-state index contributed by atoms with van der Waals surface area (Å²) in [4.78, 5) is 29.3. The maximum absolute atomic E-state index is 13.3. The van der Waals surface area contributed by atoms with Gasteiger partial charge in [-0.3, -0.25) is 14.5 Å². The lowest BCUT2D eigenvalue weighted by atomic mass is 10.1. The Kier molecular flexibility index (Phi) is 7.57. The average molecular weight is 555 g/mol. The van der Waals surface area contributed by atoms with Crippen molar-refractivity contribution < 1.29 is 14.3 Å². The number of aromatic nitrogens is 1. The number of ether oxygens (including phenoxy) is 1. The first kappa shape index (κ1) is 24.9. The molecule has 1 fully saturated rings. The van der Waals surface area contributed by atoms with Crippen molar-refractivity contribution in [2.24, 2.45) is 0 Å². The highest BCUT2D eigenvalue weighted by atomic mass is 79.9. The molecule has 0 atom stereocenters. The van der Waals surface area contributed by atoms with Gasteiger partial charge in [0, 0.05) is 40.2 Å². The summed E-state index contributed by atoms with van der Waals surface area (Å²) in [6.07, 6.45) is 3.69. The number of carbonyl (C=O) groups is 2. The molecule has 1 aliphatic heterocycles. The Morgan fingerprint density at radius 1 is 1.14 bits per heavy atom. The fourth-order valence-corrected chi connectivity index (χ4v) is 4.81. The number of amides is 2. The first-order valence-corrected chi connectivity index (χ1v) is 12.7. The van der Waals surface area contributed by atoms with Gasteiger partial charge >= 0.3 is 0 Å². The lowest BCUT2D eigenvalue weighted by Gasteiger charge is -2.19. The third kappa shape index (κ3) is 5.11. The van der Waals surface area contributed by atoms with Crippen LogP contribution in [-0.4, -0.2) is 46.1 Å². The normalized spacial score (nSPS) is 14.6. The maximum Gasteiger partial charge on any atom is 0.281 e. The number of thiocarbonyl (C=S) groups is 1. The van der Waals surface area contributed by atoms with E-state index in [0.717, 1.165) is 26.7 Å². The van der Waals surface area contributed by atoms with Gasteiger partial charge in [-0.15, -0.1) is 0 Å². The van der Waals surface area contributed by atoms with E-state index in [0.29, 0.717) is 36.2 Å². The number of hydrogen-bond donors (Lipinski definition) is 1. The van der Waals surface area contributed by atoms with Crippen LogP contribution in [0.2, 0.25) is 0 Å². The molecule has 0 spiro atoms. The lowest BCUT2D eigenvalue weighted by Crippen LogP contribution is -2.33. The number of hydrogen-bond acceptors (Lipinski definition) is 4. The highest BCUT2D eigenvalue weighted by Crippen LogP contribution is 2.29. The molecular weight excluding hydrogens is 528 g/mol. The second kappa shape index (κ2) is 10.6. The predicted molar refractivity (Wildman–Crippen MR) is 146 cm³/mol. The molecule has 2 amide bonds. The summed E-state index contributed by atoms with van der Waals surface area (Å²) in [6.45, 7) is 7.97. The maximum atomic E-state index is 13.3. The molecule has 35 heavy (non-hydrogen) atoms. The van der Waals surface area contributed by atoms with E-state index in [4.69, 9.17) is 17.0 Å². The van der Waals surface area contributed by atoms with Gasteiger partial charge in [-0.05, 0) is 81.5 Å². The summed E-state index contributed by atoms with van der Waals surface area (Å²) in [6, 6.07) is 13.1. The van der Waals surface area contributed by atoms with E-state index >= 15 is 0 Å². The van der Waals surface area contributed by atoms with Crippen LogP contribution in [0.15, 0.2) is 58.8 Å². The van der Waals surface area contributed by atoms with Crippen molar-refractivity contribution >= 4 is 67.7 Å². The molecule has 1 aromatic heterocycles. The number of nitrogens with one attached hydrogen (secondary N) is 1. The van der Waals surface area contributed by atoms with E-state index in [2.05, 4.69) is 21.2 Å². The van der Waals surface area contributed by atoms with Crippen molar-refractivity contribution in [3.05, 3.63) is 64.4 Å². The second-order valence-electron chi connectivity index (χ2n) is 8.00. The summed E-state index contributed by atoms with van der Waals surface area (Å²) in [5.41, 5.74) is 2.77. The molecule has 4 rings (SSSR count). The molecule has 3 aromatic rings. The zero-order valence-electron chi connectivity index (χ0n) is 19.9. The first-order valence-electron chi connectivity index (χ1n) is 11.5. The summed E-state index contributed by atoms with van der Waals surface area (Å²) < 4.78 is 8.33. The molecule has 1 aliphatic rings. The topological polar surface area (TPSA) is 66.8 Å². The number of benzene rings is 2. The summed E-state index contributed by atoms with van der Waals surface area (Å²) in [5.74, 6) is 0.538. The summed E-state index contributed by atoms with van der Waals surface area (Å²) in [7, 11) is 0. The Labute approximate surface area is 218 Å². The highest BCUT2D eigenvalue weighted by molar-refractivity contribution is 9.10. The van der Waals surface area contributed by atoms with Crippen molar-refractivity contribution in [3.8, 4) is 5.75 Å². The van der Waals surface area contributed by atoms with Crippen LogP contribution in [0, 0.1) is 0 Å². The Hall–Kier alpha value is -3.17. The van der Waals surface area contributed by atoms with Gasteiger partial charge in [-0.25, -0.2) is 0 Å². The summed E-state index contributed by atoms with van der Waals surface area (Å²) >= 11 is 9.01. The van der Waals surface area contributed by atoms with Crippen molar-refractivity contribution in [2.45, 2.75) is 27.3 Å². The van der Waals surface area contributed by atoms with Crippen LogP contribution in [0.5, 0.6) is 5.75 Å². The third-order valence-electron chi connectivity index (χ3n) is 5.88. The fraction of sp³-hybridized carbons (Fsp3) is 0.269. The fourth-order valence-electron chi connectivity index (χ4n) is 4.15. The molecule has 0 unspecified atom stereocenters. The van der Waals surface area contributed by atoms with Crippen LogP contribution in [0.3, 0.4) is 0 Å². The molecule has 2 heterocycles. The molecule has 9 heteroatoms. The minimum absolute atomic E-state index is 0.0481. The van der Waals surface area contributed by atoms with Crippen LogP contribution in [0.1, 0.15) is 26.3 Å². The molecule has 0 bridgehead atoms. The molecule has 0 radical (unpaired) electrons. The largest absolute Gasteiger partial charge is 0.494 e. The number of rotatable bonds is 8. The first-order chi connectivity index (χ1) is 16.9. The van der Waals surface area contributed by atoms with Crippen molar-refractivity contribution in [2.75, 3.05) is 24.6 Å². The van der Waals surface area contributed by atoms with Crippen LogP contribution in [0.25, 0.3) is 17.0 Å². The van der Waals surface area contributed by atoms with Crippen LogP contribution in [0.4, 0.5) is 5.69 Å². The van der Waals surface area contributed by atoms with Crippen molar-refractivity contribution in [3.63, 3.8) is 0 Å². The Balaban J connectivity index is 1.67. The van der Waals surface area contributed by atoms with E-state index in [1.165, 1.54) is 4.90 Å². The molecule has 2 aromatic carbocycles. The van der Waals surface area contributed by atoms with Gasteiger partial charge in [0.2, 0.25) is 5.91 Å². The molecule has 0 saturated carbocycles. The Morgan fingerprint density at radius 2 is 1.86 bits per heavy atom. The summed E-state index contributed by atoms with van der Waals surface area (Å²) in [5, 5.41) is 4.29. The Morgan fingerprint density at radius 3 is 2.51 bits per heavy atom. The van der Waals surface area contributed by atoms with Gasteiger partial charge in [0.1, 0.15) is 18.0 Å². The van der Waals surface area contributed by atoms with Crippen LogP contribution < -0.4 is 15.0 Å². The smallest absolute Gasteiger partial charge is 0.281 e. The second-order valence-corrected chi connectivity index (χ2v) is 9.30. The monoisotopic (exact) mass is 554 g/mol. The lowest BCUT2D eigenvalue weighted by molar-refractivity contribution is -0.131. The van der Waals surface area contributed by atoms with E-state index in [-0.39, 0.29) is 18.4 Å². The van der Waals surface area contributed by atoms with Crippen LogP contribution >= 0.6 is 28.1 Å². The average Bonchev–Trinajstić information content (AvgIpc) is 3.31. The SMILES string of the molecule is CCOc1ccc(N2C(=O)/C(=C/c3cn(CC(=O)N(CC)CC)c4ccc(Br)cc34)NC2=S)cc1. The van der Waals surface area contributed by atoms with Gasteiger partial charge < -0.3 is 19.5 Å². The zero-order valence-corrected chi connectivity index (χ0v) is 22.3. The Bertz CT molecular complexity index is 1310. The van der Waals surface area contributed by atoms with Gasteiger partial charge in [-0.2, -0.15) is 0 Å². The quantitative estimate of drug-likeness (QED) is 0.316. The molecule has 182 valence electrons. The van der Waals surface area contributed by atoms with Gasteiger partial charge in [0.05, 0.1) is 12.3 Å². The van der Waals surface area contributed by atoms with Gasteiger partial charge in [0.25, 0.3) is 5.91 Å². The molecule has 7 nitrogen and oxygen atoms in total. The number of halogens is 1. The van der Waals surface area contributed by atoms with Gasteiger partial charge in [0.15, 0.2) is 5.11 Å². The number of nitrogens with zero attached hydrogens (tertiary/aromatic N) is 3. The van der Waals surface area contributed by atoms with Gasteiger partial charge in [-0.1, -0.05) is 15.9 Å². The standard InChI is InChI=1S/C26H27BrN4O3S/c1-4-29(5-2)24(32)16-30-15-17(21-14-18(27)7-12-23(21)30)13-22-25(33)31(26(35)28-22)19-8-10-20(11-9-19)34-6-3/h7-15H,4-6,16H2,1-3H3,(H,28,35)/b22-13-. The number of likely N-dealkylation sites (N-methyl/N-ethyl adjacent to an activating group) is 1. The number of carbonyl (C=O) groups excluding carboxylic acids is 2. The minimum atomic E-state index is -0.241. The van der Waals surface area contributed by atoms with Crippen molar-refractivity contribution in [1.82, 2.24) is 14.8 Å². The van der Waals surface area contributed by atoms with E-state index in [1.807, 2.05) is 74.0 Å². The van der Waals surface area contributed by atoms with E-state index in [1.54, 1.807) is 11.0 Å². The van der Waals surface area contributed by atoms with Crippen LogP contribution in [-0.2, 0) is 16.1 Å². The molecular formula is C26H27BrN4O3S. The minimum Gasteiger partial charge on any atom is -0.494 e. The number of fused-ring (bicyclic) bond motifs is 1.